The second kappa shape index (κ2) is 3.64. The third kappa shape index (κ3) is 2.77. The van der Waals surface area contributed by atoms with E-state index in [-0.39, 0.29) is 0 Å². The normalized spacial score (nSPS) is 13.4. The molecule has 0 aromatic heterocycles. The molecular formula is C6H12O2. The predicted octanol–water partition coefficient (Wildman–Crippen LogP) is 0.570. The van der Waals surface area contributed by atoms with Gasteiger partial charge in [-0.25, -0.2) is 0 Å². The Balaban J connectivity index is 3.32. The van der Waals surface area contributed by atoms with Crippen LogP contribution >= 0.6 is 0 Å². The van der Waals surface area contributed by atoms with E-state index in [9.17, 15) is 0 Å². The highest BCUT2D eigenvalue weighted by molar-refractivity contribution is 4.96. The van der Waals surface area contributed by atoms with Gasteiger partial charge in [-0.15, -0.1) is 0 Å². The lowest BCUT2D eigenvalue weighted by Gasteiger charge is -2.06. The van der Waals surface area contributed by atoms with Crippen LogP contribution in [0.2, 0.25) is 0 Å². The number of aliphatic hydroxyl groups is 1. The Kier molecular flexibility index (Phi) is 3.48. The van der Waals surface area contributed by atoms with E-state index in [0.717, 1.165) is 5.57 Å². The molecule has 0 saturated heterocycles. The molecule has 0 aliphatic carbocycles. The number of hydrogen-bond acceptors (Lipinski definition) is 2. The largest absolute Gasteiger partial charge is 0.386 e. The molecule has 0 rings (SSSR count). The minimum atomic E-state index is -0.500. The van der Waals surface area contributed by atoms with Crippen LogP contribution in [-0.4, -0.2) is 24.9 Å². The molecular weight excluding hydrogens is 104 g/mol. The summed E-state index contributed by atoms with van der Waals surface area (Å²) in [5, 5.41) is 8.90. The summed E-state index contributed by atoms with van der Waals surface area (Å²) in [6, 6.07) is 0. The second-order valence-electron chi connectivity index (χ2n) is 1.82. The number of aliphatic hydroxyl groups excluding tert-OH is 1. The lowest BCUT2D eigenvalue weighted by molar-refractivity contribution is 0.0868. The van der Waals surface area contributed by atoms with E-state index in [2.05, 4.69) is 11.3 Å². The number of ether oxygens (including phenoxy) is 1. The maximum atomic E-state index is 8.90. The average molecular weight is 116 g/mol. The van der Waals surface area contributed by atoms with Gasteiger partial charge in [-0.1, -0.05) is 6.58 Å². The fourth-order valence-electron chi connectivity index (χ4n) is 0.300. The standard InChI is InChI=1S/C6H12O2/c1-5(2)6(7)4-8-3/h6-7H,1,4H2,2-3H3. The Bertz CT molecular complexity index is 78.6. The van der Waals surface area contributed by atoms with Crippen molar-refractivity contribution >= 4 is 0 Å². The molecule has 0 radical (unpaired) electrons. The second-order valence-corrected chi connectivity index (χ2v) is 1.82. The van der Waals surface area contributed by atoms with Gasteiger partial charge in [-0.05, 0) is 12.5 Å². The Hall–Kier alpha value is -0.340. The Morgan fingerprint density at radius 1 is 1.88 bits per heavy atom. The monoisotopic (exact) mass is 116 g/mol. The molecule has 0 amide bonds. The molecule has 1 atom stereocenters. The SMILES string of the molecule is C=C(C)C(O)COC. The van der Waals surface area contributed by atoms with Crippen molar-refractivity contribution in [2.75, 3.05) is 13.7 Å². The van der Waals surface area contributed by atoms with Crippen molar-refractivity contribution in [2.45, 2.75) is 13.0 Å². The van der Waals surface area contributed by atoms with Crippen molar-refractivity contribution in [2.24, 2.45) is 0 Å². The van der Waals surface area contributed by atoms with Gasteiger partial charge in [0.1, 0.15) is 0 Å². The zero-order valence-corrected chi connectivity index (χ0v) is 5.35. The first-order valence-corrected chi connectivity index (χ1v) is 2.51. The molecule has 0 aliphatic heterocycles. The van der Waals surface area contributed by atoms with Gasteiger partial charge in [0.05, 0.1) is 12.7 Å². The van der Waals surface area contributed by atoms with Gasteiger partial charge in [-0.2, -0.15) is 0 Å². The summed E-state index contributed by atoms with van der Waals surface area (Å²) in [5.41, 5.74) is 0.742. The van der Waals surface area contributed by atoms with E-state index in [4.69, 9.17) is 5.11 Å². The Morgan fingerprint density at radius 3 is 2.50 bits per heavy atom. The van der Waals surface area contributed by atoms with Crippen molar-refractivity contribution in [3.05, 3.63) is 12.2 Å². The summed E-state index contributed by atoms with van der Waals surface area (Å²) >= 11 is 0. The van der Waals surface area contributed by atoms with Crippen LogP contribution in [0.3, 0.4) is 0 Å². The maximum Gasteiger partial charge on any atom is 0.0978 e. The lowest BCUT2D eigenvalue weighted by atomic mass is 10.2. The van der Waals surface area contributed by atoms with Crippen LogP contribution in [0, 0.1) is 0 Å². The smallest absolute Gasteiger partial charge is 0.0978 e. The van der Waals surface area contributed by atoms with E-state index >= 15 is 0 Å². The first kappa shape index (κ1) is 7.66. The van der Waals surface area contributed by atoms with Crippen LogP contribution in [0.15, 0.2) is 12.2 Å². The fourth-order valence-corrected chi connectivity index (χ4v) is 0.300. The van der Waals surface area contributed by atoms with Crippen LogP contribution in [0.4, 0.5) is 0 Å². The zero-order valence-electron chi connectivity index (χ0n) is 5.35. The van der Waals surface area contributed by atoms with Gasteiger partial charge < -0.3 is 9.84 Å². The molecule has 0 heterocycles. The molecule has 48 valence electrons. The molecule has 0 aliphatic rings. The summed E-state index contributed by atoms with van der Waals surface area (Å²) in [6.07, 6.45) is -0.500. The van der Waals surface area contributed by atoms with Gasteiger partial charge >= 0.3 is 0 Å². The minimum Gasteiger partial charge on any atom is -0.386 e. The predicted molar refractivity (Wildman–Crippen MR) is 32.7 cm³/mol. The van der Waals surface area contributed by atoms with Gasteiger partial charge in [0, 0.05) is 7.11 Å². The highest BCUT2D eigenvalue weighted by Crippen LogP contribution is 1.95. The van der Waals surface area contributed by atoms with Crippen LogP contribution in [-0.2, 0) is 4.74 Å². The van der Waals surface area contributed by atoms with Crippen LogP contribution in [0.5, 0.6) is 0 Å². The number of hydrogen-bond donors (Lipinski definition) is 1. The third-order valence-corrected chi connectivity index (χ3v) is 0.893. The Labute approximate surface area is 49.8 Å². The first-order chi connectivity index (χ1) is 3.68. The molecule has 1 unspecified atom stereocenters. The molecule has 0 aromatic rings. The molecule has 2 nitrogen and oxygen atoms in total. The van der Waals surface area contributed by atoms with Crippen LogP contribution in [0.25, 0.3) is 0 Å². The van der Waals surface area contributed by atoms with Gasteiger partial charge in [-0.3, -0.25) is 0 Å². The fraction of sp³-hybridized carbons (Fsp3) is 0.667. The topological polar surface area (TPSA) is 29.5 Å². The quantitative estimate of drug-likeness (QED) is 0.546. The molecule has 0 spiro atoms. The van der Waals surface area contributed by atoms with Crippen molar-refractivity contribution in [1.29, 1.82) is 0 Å². The van der Waals surface area contributed by atoms with Gasteiger partial charge in [0.2, 0.25) is 0 Å². The lowest BCUT2D eigenvalue weighted by Crippen LogP contribution is -2.13. The minimum absolute atomic E-state index is 0.343. The van der Waals surface area contributed by atoms with Gasteiger partial charge in [0.15, 0.2) is 0 Å². The third-order valence-electron chi connectivity index (χ3n) is 0.893. The maximum absolute atomic E-state index is 8.90. The van der Waals surface area contributed by atoms with Gasteiger partial charge in [0.25, 0.3) is 0 Å². The highest BCUT2D eigenvalue weighted by Gasteiger charge is 2.00. The first-order valence-electron chi connectivity index (χ1n) is 2.51. The summed E-state index contributed by atoms with van der Waals surface area (Å²) in [4.78, 5) is 0. The molecule has 1 N–H and O–H groups in total. The summed E-state index contributed by atoms with van der Waals surface area (Å²) in [6.45, 7) is 5.65. The van der Waals surface area contributed by atoms with Crippen molar-refractivity contribution < 1.29 is 9.84 Å². The van der Waals surface area contributed by atoms with Crippen LogP contribution < -0.4 is 0 Å². The van der Waals surface area contributed by atoms with E-state index in [1.807, 2.05) is 0 Å². The highest BCUT2D eigenvalue weighted by atomic mass is 16.5. The molecule has 0 saturated carbocycles. The molecule has 2 heteroatoms. The van der Waals surface area contributed by atoms with Crippen molar-refractivity contribution in [1.82, 2.24) is 0 Å². The summed E-state index contributed by atoms with van der Waals surface area (Å²) < 4.78 is 4.65. The number of rotatable bonds is 3. The zero-order chi connectivity index (χ0) is 6.57. The van der Waals surface area contributed by atoms with E-state index in [0.29, 0.717) is 6.61 Å². The molecule has 8 heavy (non-hydrogen) atoms. The molecule has 0 fully saturated rings. The molecule has 0 aromatic carbocycles. The summed E-state index contributed by atoms with van der Waals surface area (Å²) in [5.74, 6) is 0. The van der Waals surface area contributed by atoms with E-state index in [1.54, 1.807) is 14.0 Å². The number of methoxy groups -OCH3 is 1. The van der Waals surface area contributed by atoms with Crippen LogP contribution in [0.1, 0.15) is 6.92 Å². The van der Waals surface area contributed by atoms with E-state index in [1.165, 1.54) is 0 Å². The van der Waals surface area contributed by atoms with Crippen molar-refractivity contribution in [3.63, 3.8) is 0 Å². The summed E-state index contributed by atoms with van der Waals surface area (Å²) in [7, 11) is 1.55. The average Bonchev–Trinajstić information content (AvgIpc) is 1.67. The van der Waals surface area contributed by atoms with Crippen molar-refractivity contribution in [3.8, 4) is 0 Å². The molecule has 0 bridgehead atoms. The van der Waals surface area contributed by atoms with E-state index < -0.39 is 6.10 Å². The Morgan fingerprint density at radius 2 is 2.38 bits per heavy atom.